The molecule has 1 aliphatic heterocycles. The van der Waals surface area contributed by atoms with Crippen molar-refractivity contribution in [1.29, 1.82) is 0 Å². The molecule has 0 amide bonds. The molecule has 1 N–H and O–H groups in total. The molecule has 0 aromatic carbocycles. The lowest BCUT2D eigenvalue weighted by Crippen LogP contribution is -2.49. The van der Waals surface area contributed by atoms with Gasteiger partial charge >= 0.3 is 12.1 Å². The van der Waals surface area contributed by atoms with Gasteiger partial charge in [0.2, 0.25) is 0 Å². The molecule has 0 spiro atoms. The average molecular weight is 288 g/mol. The molecule has 110 valence electrons. The van der Waals surface area contributed by atoms with Crippen LogP contribution in [0, 0.1) is 5.92 Å². The van der Waals surface area contributed by atoms with E-state index in [-0.39, 0.29) is 17.9 Å². The van der Waals surface area contributed by atoms with Crippen molar-refractivity contribution < 1.29 is 23.1 Å². The van der Waals surface area contributed by atoms with Crippen LogP contribution in [-0.2, 0) is 0 Å². The maximum Gasteiger partial charge on any atom is 0.393 e. The van der Waals surface area contributed by atoms with E-state index in [0.29, 0.717) is 13.0 Å². The lowest BCUT2D eigenvalue weighted by Gasteiger charge is -2.40. The Morgan fingerprint density at radius 2 is 2.15 bits per heavy atom. The van der Waals surface area contributed by atoms with E-state index in [0.717, 1.165) is 0 Å². The van der Waals surface area contributed by atoms with E-state index in [1.807, 2.05) is 0 Å². The van der Waals surface area contributed by atoms with Gasteiger partial charge in [0.05, 0.1) is 5.92 Å². The van der Waals surface area contributed by atoms with Gasteiger partial charge in [-0.15, -0.1) is 0 Å². The van der Waals surface area contributed by atoms with Crippen molar-refractivity contribution in [3.63, 3.8) is 0 Å². The summed E-state index contributed by atoms with van der Waals surface area (Å²) in [6.45, 7) is 1.95. The van der Waals surface area contributed by atoms with Crippen LogP contribution in [0.2, 0.25) is 0 Å². The minimum absolute atomic E-state index is 0.0970. The number of hydrogen-bond acceptors (Lipinski definition) is 3. The van der Waals surface area contributed by atoms with Crippen LogP contribution in [0.3, 0.4) is 0 Å². The lowest BCUT2D eigenvalue weighted by atomic mass is 9.89. The highest BCUT2D eigenvalue weighted by Gasteiger charge is 2.46. The van der Waals surface area contributed by atoms with Crippen LogP contribution < -0.4 is 4.90 Å². The van der Waals surface area contributed by atoms with Crippen molar-refractivity contribution in [3.8, 4) is 0 Å². The van der Waals surface area contributed by atoms with E-state index >= 15 is 0 Å². The number of rotatable bonds is 2. The maximum absolute atomic E-state index is 12.9. The maximum atomic E-state index is 12.9. The van der Waals surface area contributed by atoms with Gasteiger partial charge in [-0.25, -0.2) is 9.78 Å². The minimum Gasteiger partial charge on any atom is -0.477 e. The van der Waals surface area contributed by atoms with Crippen LogP contribution in [0.25, 0.3) is 0 Å². The van der Waals surface area contributed by atoms with Crippen molar-refractivity contribution in [3.05, 3.63) is 23.9 Å². The number of hydrogen-bond donors (Lipinski definition) is 1. The number of carbonyl (C=O) groups is 1. The molecule has 1 aromatic rings. The zero-order valence-corrected chi connectivity index (χ0v) is 10.9. The highest BCUT2D eigenvalue weighted by molar-refractivity contribution is 5.85. The summed E-state index contributed by atoms with van der Waals surface area (Å²) in [5, 5.41) is 8.89. The van der Waals surface area contributed by atoms with Crippen molar-refractivity contribution >= 4 is 11.8 Å². The molecule has 2 rings (SSSR count). The van der Waals surface area contributed by atoms with Crippen molar-refractivity contribution in [2.24, 2.45) is 5.92 Å². The highest BCUT2D eigenvalue weighted by Crippen LogP contribution is 2.38. The first-order valence-electron chi connectivity index (χ1n) is 6.34. The van der Waals surface area contributed by atoms with Crippen LogP contribution in [0.5, 0.6) is 0 Å². The minimum atomic E-state index is -4.25. The first kappa shape index (κ1) is 14.6. The lowest BCUT2D eigenvalue weighted by molar-refractivity contribution is -0.184. The number of piperidine rings is 1. The molecule has 2 heterocycles. The number of alkyl halides is 3. The molecular weight excluding hydrogens is 273 g/mol. The van der Waals surface area contributed by atoms with Gasteiger partial charge < -0.3 is 10.0 Å². The fraction of sp³-hybridized carbons (Fsp3) is 0.538. The number of anilines is 1. The summed E-state index contributed by atoms with van der Waals surface area (Å²) < 4.78 is 38.8. The Bertz CT molecular complexity index is 505. The van der Waals surface area contributed by atoms with Crippen LogP contribution >= 0.6 is 0 Å². The molecule has 0 radical (unpaired) electrons. The third kappa shape index (κ3) is 2.86. The average Bonchev–Trinajstić information content (AvgIpc) is 2.37. The number of aromatic nitrogens is 1. The van der Waals surface area contributed by atoms with Gasteiger partial charge in [-0.2, -0.15) is 13.2 Å². The SMILES string of the molecule is CC1C(C(F)(F)F)CCCN1c1cccc(C(=O)O)n1. The van der Waals surface area contributed by atoms with Crippen LogP contribution in [0.4, 0.5) is 19.0 Å². The second-order valence-corrected chi connectivity index (χ2v) is 4.91. The molecule has 4 nitrogen and oxygen atoms in total. The zero-order valence-electron chi connectivity index (χ0n) is 10.9. The normalized spacial score (nSPS) is 23.7. The first-order chi connectivity index (χ1) is 9.30. The molecule has 0 saturated carbocycles. The Labute approximate surface area is 114 Å². The van der Waals surface area contributed by atoms with Gasteiger partial charge in [0.25, 0.3) is 0 Å². The quantitative estimate of drug-likeness (QED) is 0.909. The first-order valence-corrected chi connectivity index (χ1v) is 6.34. The molecule has 1 aromatic heterocycles. The number of carboxylic acids is 1. The summed E-state index contributed by atoms with van der Waals surface area (Å²) in [6.07, 6.45) is -3.74. The summed E-state index contributed by atoms with van der Waals surface area (Å²) in [4.78, 5) is 16.3. The number of aromatic carboxylic acids is 1. The fourth-order valence-electron chi connectivity index (χ4n) is 2.61. The van der Waals surface area contributed by atoms with Gasteiger partial charge in [0, 0.05) is 12.6 Å². The topological polar surface area (TPSA) is 53.4 Å². The smallest absolute Gasteiger partial charge is 0.393 e. The molecule has 0 aliphatic carbocycles. The molecule has 7 heteroatoms. The molecule has 1 saturated heterocycles. The molecule has 20 heavy (non-hydrogen) atoms. The summed E-state index contributed by atoms with van der Waals surface area (Å²) in [6, 6.07) is 3.61. The Morgan fingerprint density at radius 3 is 2.75 bits per heavy atom. The summed E-state index contributed by atoms with van der Waals surface area (Å²) in [5.41, 5.74) is -0.163. The third-order valence-corrected chi connectivity index (χ3v) is 3.66. The summed E-state index contributed by atoms with van der Waals surface area (Å²) >= 11 is 0. The van der Waals surface area contributed by atoms with Crippen LogP contribution in [0.1, 0.15) is 30.3 Å². The number of nitrogens with zero attached hydrogens (tertiary/aromatic N) is 2. The van der Waals surface area contributed by atoms with Gasteiger partial charge in [0.1, 0.15) is 5.82 Å². The fourth-order valence-corrected chi connectivity index (χ4v) is 2.61. The second kappa shape index (κ2) is 5.30. The van der Waals surface area contributed by atoms with Crippen molar-refractivity contribution in [2.75, 3.05) is 11.4 Å². The van der Waals surface area contributed by atoms with Crippen LogP contribution in [-0.4, -0.2) is 34.8 Å². The van der Waals surface area contributed by atoms with Gasteiger partial charge in [0.15, 0.2) is 5.69 Å². The van der Waals surface area contributed by atoms with E-state index in [4.69, 9.17) is 5.11 Å². The standard InChI is InChI=1S/C13H15F3N2O2/c1-8-9(13(14,15)16)4-3-7-18(8)11-6-2-5-10(17-11)12(19)20/h2,5-6,8-9H,3-4,7H2,1H3,(H,19,20). The monoisotopic (exact) mass is 288 g/mol. The Kier molecular flexibility index (Phi) is 3.87. The van der Waals surface area contributed by atoms with Gasteiger partial charge in [-0.1, -0.05) is 6.07 Å². The summed E-state index contributed by atoms with van der Waals surface area (Å²) in [7, 11) is 0. The predicted molar refractivity (Wildman–Crippen MR) is 66.8 cm³/mol. The van der Waals surface area contributed by atoms with E-state index in [1.54, 1.807) is 6.07 Å². The molecule has 1 fully saturated rings. The van der Waals surface area contributed by atoms with Gasteiger partial charge in [-0.05, 0) is 31.9 Å². The van der Waals surface area contributed by atoms with Gasteiger partial charge in [-0.3, -0.25) is 0 Å². The Balaban J connectivity index is 2.28. The number of halogens is 3. The number of carboxylic acid groups (broad SMARTS) is 1. The third-order valence-electron chi connectivity index (χ3n) is 3.66. The molecule has 2 unspecified atom stereocenters. The molecule has 0 bridgehead atoms. The molecule has 2 atom stereocenters. The zero-order chi connectivity index (χ0) is 14.9. The molecular formula is C13H15F3N2O2. The summed E-state index contributed by atoms with van der Waals surface area (Å²) in [5.74, 6) is -2.32. The van der Waals surface area contributed by atoms with E-state index < -0.39 is 24.1 Å². The van der Waals surface area contributed by atoms with E-state index in [1.165, 1.54) is 24.0 Å². The largest absolute Gasteiger partial charge is 0.477 e. The highest BCUT2D eigenvalue weighted by atomic mass is 19.4. The Hall–Kier alpha value is -1.79. The second-order valence-electron chi connectivity index (χ2n) is 4.91. The predicted octanol–water partition coefficient (Wildman–Crippen LogP) is 2.95. The Morgan fingerprint density at radius 1 is 1.45 bits per heavy atom. The van der Waals surface area contributed by atoms with Crippen LogP contribution in [0.15, 0.2) is 18.2 Å². The van der Waals surface area contributed by atoms with E-state index in [2.05, 4.69) is 4.98 Å². The molecule has 1 aliphatic rings. The van der Waals surface area contributed by atoms with Crippen molar-refractivity contribution in [1.82, 2.24) is 4.98 Å². The van der Waals surface area contributed by atoms with E-state index in [9.17, 15) is 18.0 Å². The van der Waals surface area contributed by atoms with Crippen molar-refractivity contribution in [2.45, 2.75) is 32.0 Å². The number of pyridine rings is 1.